The monoisotopic (exact) mass is 574 g/mol. The van der Waals surface area contributed by atoms with Gasteiger partial charge in [-0.3, -0.25) is 28.9 Å². The van der Waals surface area contributed by atoms with E-state index in [9.17, 15) is 28.8 Å². The first-order valence-electron chi connectivity index (χ1n) is 11.6. The highest BCUT2D eigenvalue weighted by molar-refractivity contribution is 6.42. The molecule has 1 aliphatic rings. The molecule has 0 saturated heterocycles. The number of anilines is 2. The molecule has 2 aromatic carbocycles. The van der Waals surface area contributed by atoms with Crippen LogP contribution in [0, 0.1) is 0 Å². The molecule has 0 fully saturated rings. The third-order valence-corrected chi connectivity index (χ3v) is 6.38. The largest absolute Gasteiger partial charge is 0.481 e. The molecular weight excluding hydrogens is 551 g/mol. The maximum Gasteiger partial charge on any atom is 0.305 e. The zero-order chi connectivity index (χ0) is 28.7. The van der Waals surface area contributed by atoms with Gasteiger partial charge in [0.15, 0.2) is 0 Å². The van der Waals surface area contributed by atoms with Crippen LogP contribution in [0.3, 0.4) is 0 Å². The summed E-state index contributed by atoms with van der Waals surface area (Å²) in [5, 5.41) is 14.5. The number of rotatable bonds is 9. The van der Waals surface area contributed by atoms with E-state index in [-0.39, 0.29) is 17.8 Å². The van der Waals surface area contributed by atoms with E-state index in [0.29, 0.717) is 21.9 Å². The van der Waals surface area contributed by atoms with Crippen molar-refractivity contribution in [2.24, 2.45) is 0 Å². The van der Waals surface area contributed by atoms with Gasteiger partial charge in [-0.05, 0) is 35.9 Å². The molecule has 2 atom stereocenters. The van der Waals surface area contributed by atoms with Gasteiger partial charge in [0, 0.05) is 13.0 Å². The summed E-state index contributed by atoms with van der Waals surface area (Å²) in [6.07, 6.45) is 0.900. The molecule has 0 saturated carbocycles. The Morgan fingerprint density at radius 1 is 1.10 bits per heavy atom. The van der Waals surface area contributed by atoms with Crippen molar-refractivity contribution >= 4 is 76.5 Å². The molecule has 3 rings (SSSR count). The number of para-hydroxylation sites is 2. The number of carbonyl (C=O) groups is 6. The van der Waals surface area contributed by atoms with E-state index in [1.807, 2.05) is 0 Å². The van der Waals surface area contributed by atoms with Crippen LogP contribution in [-0.4, -0.2) is 59.7 Å². The molecule has 204 valence electrons. The molecule has 0 unspecified atom stereocenters. The number of carboxylic acids is 1. The van der Waals surface area contributed by atoms with E-state index >= 15 is 0 Å². The predicted molar refractivity (Wildman–Crippen MR) is 144 cm³/mol. The molecule has 4 amide bonds. The van der Waals surface area contributed by atoms with Crippen LogP contribution in [0.1, 0.15) is 25.3 Å². The van der Waals surface area contributed by atoms with Crippen molar-refractivity contribution in [3.63, 3.8) is 0 Å². The fourth-order valence-corrected chi connectivity index (χ4v) is 4.27. The minimum absolute atomic E-state index is 0.219. The highest BCUT2D eigenvalue weighted by Gasteiger charge is 2.36. The molecular formula is C26H24Cl2N4O7. The van der Waals surface area contributed by atoms with Crippen molar-refractivity contribution in [3.8, 4) is 0 Å². The van der Waals surface area contributed by atoms with Crippen LogP contribution in [0.4, 0.5) is 11.4 Å². The van der Waals surface area contributed by atoms with Crippen LogP contribution >= 0.6 is 23.2 Å². The van der Waals surface area contributed by atoms with E-state index in [0.717, 1.165) is 4.90 Å². The van der Waals surface area contributed by atoms with E-state index in [2.05, 4.69) is 10.6 Å². The van der Waals surface area contributed by atoms with Crippen molar-refractivity contribution in [1.82, 2.24) is 10.6 Å². The molecule has 0 radical (unpaired) electrons. The number of halogens is 2. The zero-order valence-electron chi connectivity index (χ0n) is 20.6. The summed E-state index contributed by atoms with van der Waals surface area (Å²) in [5.41, 5.74) is 1.08. The van der Waals surface area contributed by atoms with Crippen LogP contribution < -0.4 is 20.4 Å². The first-order valence-corrected chi connectivity index (χ1v) is 12.3. The van der Waals surface area contributed by atoms with Crippen molar-refractivity contribution in [2.45, 2.75) is 32.0 Å². The summed E-state index contributed by atoms with van der Waals surface area (Å²) in [6.45, 7) is 0.721. The SMILES string of the molecule is CC(=O)N1c2ccccc2N(CC(=O)N[C@H](C=O)CC(=O)O)C(=O)C[C@H]1NC(=O)/C=C/c1ccc(Cl)c(Cl)c1. The number of aliphatic carboxylic acids is 1. The lowest BCUT2D eigenvalue weighted by atomic mass is 10.2. The Kier molecular flexibility index (Phi) is 9.80. The summed E-state index contributed by atoms with van der Waals surface area (Å²) in [4.78, 5) is 75.9. The van der Waals surface area contributed by atoms with Gasteiger partial charge in [0.2, 0.25) is 23.6 Å². The average molecular weight is 575 g/mol. The van der Waals surface area contributed by atoms with Gasteiger partial charge in [-0.1, -0.05) is 41.4 Å². The normalized spacial score (nSPS) is 15.8. The molecule has 0 aromatic heterocycles. The van der Waals surface area contributed by atoms with Gasteiger partial charge in [0.25, 0.3) is 0 Å². The maximum atomic E-state index is 13.3. The van der Waals surface area contributed by atoms with Crippen molar-refractivity contribution in [3.05, 3.63) is 64.1 Å². The first kappa shape index (κ1) is 29.3. The predicted octanol–water partition coefficient (Wildman–Crippen LogP) is 2.40. The number of amides is 4. The van der Waals surface area contributed by atoms with Crippen molar-refractivity contribution in [1.29, 1.82) is 0 Å². The summed E-state index contributed by atoms with van der Waals surface area (Å²) in [5.74, 6) is -3.73. The Balaban J connectivity index is 1.86. The van der Waals surface area contributed by atoms with Gasteiger partial charge in [-0.15, -0.1) is 0 Å². The molecule has 3 N–H and O–H groups in total. The van der Waals surface area contributed by atoms with Crippen LogP contribution in [-0.2, 0) is 28.8 Å². The molecule has 1 aliphatic heterocycles. The highest BCUT2D eigenvalue weighted by atomic mass is 35.5. The van der Waals surface area contributed by atoms with Gasteiger partial charge in [0.1, 0.15) is 19.0 Å². The third-order valence-electron chi connectivity index (χ3n) is 5.64. The fourth-order valence-electron chi connectivity index (χ4n) is 3.96. The maximum absolute atomic E-state index is 13.3. The van der Waals surface area contributed by atoms with Gasteiger partial charge in [0.05, 0.1) is 40.3 Å². The second-order valence-electron chi connectivity index (χ2n) is 8.50. The lowest BCUT2D eigenvalue weighted by molar-refractivity contribution is -0.139. The number of carboxylic acid groups (broad SMARTS) is 1. The lowest BCUT2D eigenvalue weighted by Gasteiger charge is -2.29. The Hall–Kier alpha value is -4.22. The molecule has 11 nitrogen and oxygen atoms in total. The van der Waals surface area contributed by atoms with E-state index in [1.165, 1.54) is 30.0 Å². The van der Waals surface area contributed by atoms with Crippen LogP contribution in [0.2, 0.25) is 10.0 Å². The average Bonchev–Trinajstić information content (AvgIpc) is 2.98. The number of aldehydes is 1. The molecule has 39 heavy (non-hydrogen) atoms. The topological polar surface area (TPSA) is 153 Å². The van der Waals surface area contributed by atoms with Crippen LogP contribution in [0.5, 0.6) is 0 Å². The minimum atomic E-state index is -1.28. The molecule has 0 aliphatic carbocycles. The second kappa shape index (κ2) is 13.0. The van der Waals surface area contributed by atoms with Gasteiger partial charge in [-0.25, -0.2) is 0 Å². The minimum Gasteiger partial charge on any atom is -0.481 e. The quantitative estimate of drug-likeness (QED) is 0.307. The first-order chi connectivity index (χ1) is 18.5. The summed E-state index contributed by atoms with van der Waals surface area (Å²) in [6, 6.07) is 9.82. The fraction of sp³-hybridized carbons (Fsp3) is 0.231. The Bertz CT molecular complexity index is 1350. The number of carbonyl (C=O) groups excluding carboxylic acids is 5. The van der Waals surface area contributed by atoms with Crippen molar-refractivity contribution < 1.29 is 33.9 Å². The Morgan fingerprint density at radius 2 is 1.79 bits per heavy atom. The number of nitrogens with zero attached hydrogens (tertiary/aromatic N) is 2. The molecule has 0 spiro atoms. The Morgan fingerprint density at radius 3 is 2.41 bits per heavy atom. The van der Waals surface area contributed by atoms with E-state index < -0.39 is 54.8 Å². The van der Waals surface area contributed by atoms with E-state index in [4.69, 9.17) is 28.3 Å². The van der Waals surface area contributed by atoms with Crippen molar-refractivity contribution in [2.75, 3.05) is 16.3 Å². The van der Waals surface area contributed by atoms with Crippen LogP contribution in [0.15, 0.2) is 48.5 Å². The highest BCUT2D eigenvalue weighted by Crippen LogP contribution is 2.34. The Labute approximate surface area is 233 Å². The standard InChI is InChI=1S/C26H24Cl2N4O7/c1-15(34)32-21-5-3-2-4-20(21)31(13-24(36)29-17(14-33)11-26(38)39)25(37)12-22(32)30-23(35)9-7-16-6-8-18(27)19(28)10-16/h2-10,14,17,22H,11-13H2,1H3,(H,29,36)(H,30,35)(H,38,39)/b9-7+/t17-,22-/m0/s1. The number of benzene rings is 2. The van der Waals surface area contributed by atoms with Gasteiger partial charge < -0.3 is 25.4 Å². The summed E-state index contributed by atoms with van der Waals surface area (Å²) < 4.78 is 0. The van der Waals surface area contributed by atoms with Crippen LogP contribution in [0.25, 0.3) is 6.08 Å². The molecule has 2 aromatic rings. The smallest absolute Gasteiger partial charge is 0.305 e. The third kappa shape index (κ3) is 7.65. The second-order valence-corrected chi connectivity index (χ2v) is 9.32. The number of hydrogen-bond donors (Lipinski definition) is 3. The van der Waals surface area contributed by atoms with Gasteiger partial charge in [-0.2, -0.15) is 0 Å². The zero-order valence-corrected chi connectivity index (χ0v) is 22.1. The lowest BCUT2D eigenvalue weighted by Crippen LogP contribution is -2.51. The number of hydrogen-bond acceptors (Lipinski definition) is 6. The van der Waals surface area contributed by atoms with Gasteiger partial charge >= 0.3 is 5.97 Å². The number of fused-ring (bicyclic) bond motifs is 1. The summed E-state index contributed by atoms with van der Waals surface area (Å²) in [7, 11) is 0. The molecule has 13 heteroatoms. The van der Waals surface area contributed by atoms with E-state index in [1.54, 1.807) is 36.4 Å². The molecule has 0 bridgehead atoms. The summed E-state index contributed by atoms with van der Waals surface area (Å²) >= 11 is 11.9. The number of nitrogens with one attached hydrogen (secondary N) is 2. The molecule has 1 heterocycles.